The van der Waals surface area contributed by atoms with Gasteiger partial charge in [0.2, 0.25) is 10.0 Å². The molecule has 0 heterocycles. The van der Waals surface area contributed by atoms with Gasteiger partial charge >= 0.3 is 0 Å². The van der Waals surface area contributed by atoms with Crippen LogP contribution in [0.15, 0.2) is 0 Å². The fourth-order valence-electron chi connectivity index (χ4n) is 2.03. The van der Waals surface area contributed by atoms with Crippen molar-refractivity contribution in [1.29, 1.82) is 0 Å². The lowest BCUT2D eigenvalue weighted by atomic mass is 9.89. The van der Waals surface area contributed by atoms with Crippen LogP contribution in [0, 0.1) is 5.41 Å². The van der Waals surface area contributed by atoms with Gasteiger partial charge < -0.3 is 0 Å². The molecule has 1 aliphatic rings. The summed E-state index contributed by atoms with van der Waals surface area (Å²) in [5.41, 5.74) is 0.209. The SMILES string of the molecule is CCCS(=O)(=O)NCC1(C)CCCC1. The van der Waals surface area contributed by atoms with Gasteiger partial charge in [0.1, 0.15) is 0 Å². The molecule has 0 aromatic heterocycles. The van der Waals surface area contributed by atoms with Crippen molar-refractivity contribution in [3.63, 3.8) is 0 Å². The molecule has 1 fully saturated rings. The number of sulfonamides is 1. The fraction of sp³-hybridized carbons (Fsp3) is 1.00. The van der Waals surface area contributed by atoms with E-state index in [9.17, 15) is 8.42 Å². The minimum absolute atomic E-state index is 0.209. The molecule has 0 aliphatic heterocycles. The highest BCUT2D eigenvalue weighted by Gasteiger charge is 2.29. The second kappa shape index (κ2) is 4.62. The van der Waals surface area contributed by atoms with Crippen molar-refractivity contribution in [1.82, 2.24) is 4.72 Å². The standard InChI is InChI=1S/C10H21NO2S/c1-3-8-14(12,13)11-9-10(2)6-4-5-7-10/h11H,3-9H2,1-2H3. The lowest BCUT2D eigenvalue weighted by Gasteiger charge is -2.23. The minimum atomic E-state index is -3.01. The maximum absolute atomic E-state index is 11.4. The Bertz CT molecular complexity index is 266. The van der Waals surface area contributed by atoms with Crippen LogP contribution in [0.3, 0.4) is 0 Å². The van der Waals surface area contributed by atoms with E-state index in [1.807, 2.05) is 6.92 Å². The molecule has 1 N–H and O–H groups in total. The molecule has 0 aromatic carbocycles. The Morgan fingerprint density at radius 1 is 1.29 bits per heavy atom. The maximum Gasteiger partial charge on any atom is 0.211 e. The largest absolute Gasteiger partial charge is 0.215 e. The van der Waals surface area contributed by atoms with E-state index in [1.165, 1.54) is 12.8 Å². The topological polar surface area (TPSA) is 46.2 Å². The monoisotopic (exact) mass is 219 g/mol. The van der Waals surface area contributed by atoms with Crippen molar-refractivity contribution in [3.8, 4) is 0 Å². The normalized spacial score (nSPS) is 21.3. The Morgan fingerprint density at radius 2 is 1.86 bits per heavy atom. The van der Waals surface area contributed by atoms with Gasteiger partial charge in [-0.3, -0.25) is 0 Å². The highest BCUT2D eigenvalue weighted by atomic mass is 32.2. The summed E-state index contributed by atoms with van der Waals surface area (Å²) < 4.78 is 25.6. The van der Waals surface area contributed by atoms with Crippen LogP contribution in [0.2, 0.25) is 0 Å². The fourth-order valence-corrected chi connectivity index (χ4v) is 3.28. The van der Waals surface area contributed by atoms with E-state index in [0.29, 0.717) is 13.0 Å². The van der Waals surface area contributed by atoms with Crippen molar-refractivity contribution >= 4 is 10.0 Å². The Hall–Kier alpha value is -0.0900. The van der Waals surface area contributed by atoms with Gasteiger partial charge in [0.05, 0.1) is 5.75 Å². The molecule has 0 radical (unpaired) electrons. The van der Waals surface area contributed by atoms with Crippen molar-refractivity contribution < 1.29 is 8.42 Å². The van der Waals surface area contributed by atoms with E-state index in [0.717, 1.165) is 12.8 Å². The van der Waals surface area contributed by atoms with Crippen LogP contribution in [0.25, 0.3) is 0 Å². The van der Waals surface area contributed by atoms with Gasteiger partial charge in [-0.05, 0) is 24.7 Å². The molecular weight excluding hydrogens is 198 g/mol. The van der Waals surface area contributed by atoms with Crippen LogP contribution in [0.5, 0.6) is 0 Å². The van der Waals surface area contributed by atoms with Crippen LogP contribution in [-0.4, -0.2) is 20.7 Å². The molecule has 0 aromatic rings. The minimum Gasteiger partial charge on any atom is -0.215 e. The summed E-state index contributed by atoms with van der Waals surface area (Å²) in [6.07, 6.45) is 5.48. The summed E-state index contributed by atoms with van der Waals surface area (Å²) in [7, 11) is -3.01. The first-order valence-electron chi connectivity index (χ1n) is 5.45. The molecular formula is C10H21NO2S. The zero-order chi connectivity index (χ0) is 10.7. The summed E-state index contributed by atoms with van der Waals surface area (Å²) in [6, 6.07) is 0. The zero-order valence-corrected chi connectivity index (χ0v) is 9.99. The third kappa shape index (κ3) is 3.58. The first-order valence-corrected chi connectivity index (χ1v) is 7.10. The smallest absolute Gasteiger partial charge is 0.211 e. The lowest BCUT2D eigenvalue weighted by Crippen LogP contribution is -2.35. The molecule has 14 heavy (non-hydrogen) atoms. The maximum atomic E-state index is 11.4. The van der Waals surface area contributed by atoms with Crippen LogP contribution in [0.4, 0.5) is 0 Å². The Balaban J connectivity index is 2.39. The lowest BCUT2D eigenvalue weighted by molar-refractivity contribution is 0.336. The summed E-state index contributed by atoms with van der Waals surface area (Å²) >= 11 is 0. The third-order valence-corrected chi connectivity index (χ3v) is 4.53. The molecule has 0 saturated heterocycles. The molecule has 0 amide bonds. The second-order valence-electron chi connectivity index (χ2n) is 4.66. The molecule has 84 valence electrons. The molecule has 0 bridgehead atoms. The molecule has 0 unspecified atom stereocenters. The molecule has 1 saturated carbocycles. The van der Waals surface area contributed by atoms with Gasteiger partial charge in [0, 0.05) is 6.54 Å². The van der Waals surface area contributed by atoms with Gasteiger partial charge in [0.15, 0.2) is 0 Å². The molecule has 4 heteroatoms. The average molecular weight is 219 g/mol. The Labute approximate surface area is 87.3 Å². The van der Waals surface area contributed by atoms with Crippen LogP contribution in [0.1, 0.15) is 46.0 Å². The quantitative estimate of drug-likeness (QED) is 0.767. The highest BCUT2D eigenvalue weighted by Crippen LogP contribution is 2.36. The third-order valence-electron chi connectivity index (χ3n) is 3.00. The summed E-state index contributed by atoms with van der Waals surface area (Å²) in [5.74, 6) is 0.253. The van der Waals surface area contributed by atoms with E-state index >= 15 is 0 Å². The Kier molecular flexibility index (Phi) is 3.95. The van der Waals surface area contributed by atoms with Crippen LogP contribution >= 0.6 is 0 Å². The molecule has 1 rings (SSSR count). The predicted molar refractivity (Wildman–Crippen MR) is 58.7 cm³/mol. The number of rotatable bonds is 5. The Morgan fingerprint density at radius 3 is 2.36 bits per heavy atom. The molecule has 3 nitrogen and oxygen atoms in total. The van der Waals surface area contributed by atoms with E-state index in [4.69, 9.17) is 0 Å². The van der Waals surface area contributed by atoms with Gasteiger partial charge in [0.25, 0.3) is 0 Å². The van der Waals surface area contributed by atoms with Gasteiger partial charge in [-0.25, -0.2) is 13.1 Å². The number of hydrogen-bond donors (Lipinski definition) is 1. The van der Waals surface area contributed by atoms with Crippen molar-refractivity contribution in [2.24, 2.45) is 5.41 Å². The van der Waals surface area contributed by atoms with E-state index in [-0.39, 0.29) is 11.2 Å². The summed E-state index contributed by atoms with van der Waals surface area (Å²) in [4.78, 5) is 0. The zero-order valence-electron chi connectivity index (χ0n) is 9.17. The molecule has 0 atom stereocenters. The first-order chi connectivity index (χ1) is 6.47. The second-order valence-corrected chi connectivity index (χ2v) is 6.58. The van der Waals surface area contributed by atoms with Crippen molar-refractivity contribution in [2.75, 3.05) is 12.3 Å². The van der Waals surface area contributed by atoms with Gasteiger partial charge in [-0.2, -0.15) is 0 Å². The van der Waals surface area contributed by atoms with Crippen LogP contribution in [-0.2, 0) is 10.0 Å². The molecule has 0 spiro atoms. The van der Waals surface area contributed by atoms with Gasteiger partial charge in [-0.15, -0.1) is 0 Å². The summed E-state index contributed by atoms with van der Waals surface area (Å²) in [5, 5.41) is 0. The van der Waals surface area contributed by atoms with Gasteiger partial charge in [-0.1, -0.05) is 26.7 Å². The average Bonchev–Trinajstić information content (AvgIpc) is 2.50. The number of hydrogen-bond acceptors (Lipinski definition) is 2. The van der Waals surface area contributed by atoms with E-state index in [1.54, 1.807) is 0 Å². The predicted octanol–water partition coefficient (Wildman–Crippen LogP) is 1.90. The van der Waals surface area contributed by atoms with E-state index < -0.39 is 10.0 Å². The summed E-state index contributed by atoms with van der Waals surface area (Å²) in [6.45, 7) is 4.68. The first kappa shape index (κ1) is 12.0. The molecule has 1 aliphatic carbocycles. The van der Waals surface area contributed by atoms with Crippen LogP contribution < -0.4 is 4.72 Å². The van der Waals surface area contributed by atoms with E-state index in [2.05, 4.69) is 11.6 Å². The van der Waals surface area contributed by atoms with Crippen molar-refractivity contribution in [3.05, 3.63) is 0 Å². The van der Waals surface area contributed by atoms with Crippen molar-refractivity contribution in [2.45, 2.75) is 46.0 Å². The number of nitrogens with one attached hydrogen (secondary N) is 1. The highest BCUT2D eigenvalue weighted by molar-refractivity contribution is 7.89.